The Morgan fingerprint density at radius 2 is 1.96 bits per heavy atom. The second kappa shape index (κ2) is 8.37. The first-order valence-electron chi connectivity index (χ1n) is 7.57. The summed E-state index contributed by atoms with van der Waals surface area (Å²) in [5.74, 6) is -1.04. The normalized spacial score (nSPS) is 11.1. The first-order valence-corrected chi connectivity index (χ1v) is 7.57. The number of para-hydroxylation sites is 2. The summed E-state index contributed by atoms with van der Waals surface area (Å²) in [6.07, 6.45) is -3.59. The summed E-state index contributed by atoms with van der Waals surface area (Å²) >= 11 is 0. The Morgan fingerprint density at radius 3 is 2.62 bits per heavy atom. The molecule has 0 saturated heterocycles. The van der Waals surface area contributed by atoms with E-state index in [4.69, 9.17) is 9.47 Å². The molecule has 7 nitrogen and oxygen atoms in total. The summed E-state index contributed by atoms with van der Waals surface area (Å²) in [6.45, 7) is 1.07. The van der Waals surface area contributed by atoms with E-state index < -0.39 is 36.9 Å². The number of alkyl halides is 3. The Bertz CT molecular complexity index is 774. The third kappa shape index (κ3) is 5.50. The van der Waals surface area contributed by atoms with E-state index in [-0.39, 0.29) is 0 Å². The van der Waals surface area contributed by atoms with Gasteiger partial charge < -0.3 is 14.8 Å². The Labute approximate surface area is 146 Å². The van der Waals surface area contributed by atoms with Crippen molar-refractivity contribution in [2.45, 2.75) is 19.6 Å². The van der Waals surface area contributed by atoms with E-state index in [2.05, 4.69) is 10.4 Å². The number of esters is 1. The number of aromatic nitrogens is 2. The molecule has 140 valence electrons. The van der Waals surface area contributed by atoms with Crippen molar-refractivity contribution in [3.63, 3.8) is 0 Å². The molecule has 10 heteroatoms. The summed E-state index contributed by atoms with van der Waals surface area (Å²) in [5, 5.41) is 5.75. The maximum absolute atomic E-state index is 12.4. The molecule has 2 rings (SSSR count). The van der Waals surface area contributed by atoms with Gasteiger partial charge >= 0.3 is 12.1 Å². The molecule has 1 amide bonds. The van der Waals surface area contributed by atoms with Crippen molar-refractivity contribution in [2.75, 3.05) is 18.5 Å². The molecule has 0 aliphatic carbocycles. The Balaban J connectivity index is 1.84. The van der Waals surface area contributed by atoms with Gasteiger partial charge in [-0.25, -0.2) is 0 Å². The van der Waals surface area contributed by atoms with Gasteiger partial charge in [0.25, 0.3) is 5.91 Å². The topological polar surface area (TPSA) is 82.5 Å². The summed E-state index contributed by atoms with van der Waals surface area (Å²) < 4.78 is 48.2. The van der Waals surface area contributed by atoms with Gasteiger partial charge in [0.2, 0.25) is 0 Å². The smallest absolute Gasteiger partial charge is 0.435 e. The minimum Gasteiger partial charge on any atom is -0.492 e. The molecular weight excluding hydrogens is 355 g/mol. The third-order valence-corrected chi connectivity index (χ3v) is 3.05. The SMILES string of the molecule is CCOc1ccccc1NC(=O)COC(=O)Cn1ccc(C(F)(F)F)n1. The summed E-state index contributed by atoms with van der Waals surface area (Å²) in [6, 6.07) is 7.46. The van der Waals surface area contributed by atoms with Crippen LogP contribution < -0.4 is 10.1 Å². The first-order chi connectivity index (χ1) is 12.3. The lowest BCUT2D eigenvalue weighted by Crippen LogP contribution is -2.23. The van der Waals surface area contributed by atoms with E-state index in [1.165, 1.54) is 0 Å². The molecule has 0 aliphatic heterocycles. The second-order valence-corrected chi connectivity index (χ2v) is 5.03. The standard InChI is InChI=1S/C16H16F3N3O4/c1-2-25-12-6-4-3-5-11(12)20-14(23)10-26-15(24)9-22-8-7-13(21-22)16(17,18)19/h3-8H,2,9-10H2,1H3,(H,20,23). The van der Waals surface area contributed by atoms with Crippen molar-refractivity contribution in [3.8, 4) is 5.75 Å². The number of nitrogens with zero attached hydrogens (tertiary/aromatic N) is 2. The summed E-state index contributed by atoms with van der Waals surface area (Å²) in [4.78, 5) is 23.5. The van der Waals surface area contributed by atoms with E-state index in [0.29, 0.717) is 18.0 Å². The van der Waals surface area contributed by atoms with Gasteiger partial charge in [-0.3, -0.25) is 14.3 Å². The number of amides is 1. The summed E-state index contributed by atoms with van der Waals surface area (Å²) in [7, 11) is 0. The van der Waals surface area contributed by atoms with Crippen LogP contribution in [0.15, 0.2) is 36.5 Å². The van der Waals surface area contributed by atoms with E-state index in [1.807, 2.05) is 0 Å². The maximum Gasteiger partial charge on any atom is 0.435 e. The molecule has 2 aromatic rings. The predicted molar refractivity (Wildman–Crippen MR) is 84.4 cm³/mol. The highest BCUT2D eigenvalue weighted by atomic mass is 19.4. The van der Waals surface area contributed by atoms with Gasteiger partial charge in [-0.05, 0) is 25.1 Å². The number of carbonyl (C=O) groups excluding carboxylic acids is 2. The molecule has 0 unspecified atom stereocenters. The molecule has 0 fully saturated rings. The van der Waals surface area contributed by atoms with Crippen LogP contribution in [-0.2, 0) is 27.0 Å². The molecule has 0 atom stereocenters. The quantitative estimate of drug-likeness (QED) is 0.756. The van der Waals surface area contributed by atoms with Crippen LogP contribution in [0.4, 0.5) is 18.9 Å². The van der Waals surface area contributed by atoms with Gasteiger partial charge in [0, 0.05) is 6.20 Å². The molecular formula is C16H16F3N3O4. The Morgan fingerprint density at radius 1 is 1.23 bits per heavy atom. The largest absolute Gasteiger partial charge is 0.492 e. The van der Waals surface area contributed by atoms with Crippen molar-refractivity contribution in [3.05, 3.63) is 42.2 Å². The van der Waals surface area contributed by atoms with Gasteiger partial charge in [-0.15, -0.1) is 0 Å². The van der Waals surface area contributed by atoms with Gasteiger partial charge in [0.05, 0.1) is 12.3 Å². The number of hydrogen-bond acceptors (Lipinski definition) is 5. The zero-order valence-corrected chi connectivity index (χ0v) is 13.7. The number of halogens is 3. The van der Waals surface area contributed by atoms with Crippen LogP contribution in [0.2, 0.25) is 0 Å². The van der Waals surface area contributed by atoms with Crippen molar-refractivity contribution < 1.29 is 32.2 Å². The Kier molecular flexibility index (Phi) is 6.21. The van der Waals surface area contributed by atoms with Crippen molar-refractivity contribution in [1.82, 2.24) is 9.78 Å². The Hall–Kier alpha value is -3.04. The number of rotatable bonds is 7. The van der Waals surface area contributed by atoms with Gasteiger partial charge in [0.1, 0.15) is 12.3 Å². The highest BCUT2D eigenvalue weighted by Crippen LogP contribution is 2.27. The average molecular weight is 371 g/mol. The zero-order valence-electron chi connectivity index (χ0n) is 13.7. The lowest BCUT2D eigenvalue weighted by Gasteiger charge is -2.11. The highest BCUT2D eigenvalue weighted by molar-refractivity contribution is 5.94. The summed E-state index contributed by atoms with van der Waals surface area (Å²) in [5.41, 5.74) is -0.701. The number of nitrogens with one attached hydrogen (secondary N) is 1. The number of carbonyl (C=O) groups is 2. The number of anilines is 1. The fourth-order valence-corrected chi connectivity index (χ4v) is 1.96. The van der Waals surface area contributed by atoms with Crippen LogP contribution in [0.5, 0.6) is 5.75 Å². The minimum absolute atomic E-state index is 0.408. The van der Waals surface area contributed by atoms with E-state index in [9.17, 15) is 22.8 Å². The molecule has 1 heterocycles. The molecule has 0 aliphatic rings. The van der Waals surface area contributed by atoms with E-state index in [1.54, 1.807) is 31.2 Å². The monoisotopic (exact) mass is 371 g/mol. The van der Waals surface area contributed by atoms with Crippen molar-refractivity contribution in [2.24, 2.45) is 0 Å². The molecule has 1 aromatic carbocycles. The van der Waals surface area contributed by atoms with Crippen LogP contribution in [-0.4, -0.2) is 34.9 Å². The molecule has 1 N–H and O–H groups in total. The first kappa shape index (κ1) is 19.3. The molecule has 0 spiro atoms. The number of hydrogen-bond donors (Lipinski definition) is 1. The fourth-order valence-electron chi connectivity index (χ4n) is 1.96. The van der Waals surface area contributed by atoms with Crippen molar-refractivity contribution >= 4 is 17.6 Å². The van der Waals surface area contributed by atoms with Crippen molar-refractivity contribution in [1.29, 1.82) is 0 Å². The highest BCUT2D eigenvalue weighted by Gasteiger charge is 2.33. The predicted octanol–water partition coefficient (Wildman–Crippen LogP) is 2.48. The van der Waals surface area contributed by atoms with Crippen LogP contribution in [0, 0.1) is 0 Å². The zero-order chi connectivity index (χ0) is 19.2. The molecule has 0 bridgehead atoms. The number of benzene rings is 1. The molecule has 0 saturated carbocycles. The maximum atomic E-state index is 12.4. The van der Waals surface area contributed by atoms with Crippen LogP contribution in [0.1, 0.15) is 12.6 Å². The van der Waals surface area contributed by atoms with Gasteiger partial charge in [-0.1, -0.05) is 12.1 Å². The lowest BCUT2D eigenvalue weighted by atomic mass is 10.3. The van der Waals surface area contributed by atoms with Crippen LogP contribution in [0.25, 0.3) is 0 Å². The third-order valence-electron chi connectivity index (χ3n) is 3.05. The number of ether oxygens (including phenoxy) is 2. The van der Waals surface area contributed by atoms with E-state index >= 15 is 0 Å². The molecule has 26 heavy (non-hydrogen) atoms. The average Bonchev–Trinajstić information content (AvgIpc) is 3.04. The molecule has 1 aromatic heterocycles. The van der Waals surface area contributed by atoms with Gasteiger partial charge in [0.15, 0.2) is 12.3 Å². The van der Waals surface area contributed by atoms with E-state index in [0.717, 1.165) is 16.9 Å². The minimum atomic E-state index is -4.59. The second-order valence-electron chi connectivity index (χ2n) is 5.03. The fraction of sp³-hybridized carbons (Fsp3) is 0.312. The van der Waals surface area contributed by atoms with Crippen LogP contribution in [0.3, 0.4) is 0 Å². The molecule has 0 radical (unpaired) electrons. The lowest BCUT2D eigenvalue weighted by molar-refractivity contribution is -0.148. The van der Waals surface area contributed by atoms with Gasteiger partial charge in [-0.2, -0.15) is 18.3 Å². The van der Waals surface area contributed by atoms with Crippen LogP contribution >= 0.6 is 0 Å².